The summed E-state index contributed by atoms with van der Waals surface area (Å²) in [4.78, 5) is 11.8. The molecule has 2 aromatic rings. The molecule has 0 N–H and O–H groups in total. The number of hydrogen-bond acceptors (Lipinski definition) is 2. The third-order valence-electron chi connectivity index (χ3n) is 2.57. The molecule has 0 bridgehead atoms. The number of pyridine rings is 1. The molecule has 0 amide bonds. The fourth-order valence-electron chi connectivity index (χ4n) is 1.60. The van der Waals surface area contributed by atoms with Crippen LogP contribution in [0.5, 0.6) is 5.75 Å². The van der Waals surface area contributed by atoms with Gasteiger partial charge in [0, 0.05) is 17.8 Å². The summed E-state index contributed by atoms with van der Waals surface area (Å²) in [5.41, 5.74) is 0.253. The molecule has 0 spiro atoms. The molecule has 0 aliphatic rings. The van der Waals surface area contributed by atoms with Gasteiger partial charge in [0.15, 0.2) is 0 Å². The average molecular weight is 312 g/mol. The molecule has 1 heterocycles. The van der Waals surface area contributed by atoms with Crippen LogP contribution in [0, 0.1) is 5.82 Å². The van der Waals surface area contributed by atoms with Crippen LogP contribution < -0.4 is 10.3 Å². The van der Waals surface area contributed by atoms with Crippen molar-refractivity contribution in [3.8, 4) is 5.75 Å². The Hall–Kier alpha value is -1.62. The standard InChI is InChI=1S/C13H11BrFNO2/c1-18-10-5-4-9(12(15)7-10)8-16-6-2-3-11(14)13(16)17/h2-7H,8H2,1H3. The maximum Gasteiger partial charge on any atom is 0.265 e. The van der Waals surface area contributed by atoms with Crippen molar-refractivity contribution in [1.82, 2.24) is 4.57 Å². The zero-order valence-electron chi connectivity index (χ0n) is 9.69. The zero-order valence-corrected chi connectivity index (χ0v) is 11.3. The molecule has 0 atom stereocenters. The number of ether oxygens (including phenoxy) is 1. The second-order valence-corrected chi connectivity index (χ2v) is 4.60. The number of hydrogen-bond donors (Lipinski definition) is 0. The van der Waals surface area contributed by atoms with Crippen molar-refractivity contribution < 1.29 is 9.13 Å². The number of aromatic nitrogens is 1. The number of rotatable bonds is 3. The molecule has 0 fully saturated rings. The summed E-state index contributed by atoms with van der Waals surface area (Å²) in [6.07, 6.45) is 1.62. The summed E-state index contributed by atoms with van der Waals surface area (Å²) in [5, 5.41) is 0. The first-order valence-corrected chi connectivity index (χ1v) is 6.08. The van der Waals surface area contributed by atoms with Gasteiger partial charge in [0.25, 0.3) is 5.56 Å². The van der Waals surface area contributed by atoms with Crippen LogP contribution in [-0.2, 0) is 6.54 Å². The predicted octanol–water partition coefficient (Wildman–Crippen LogP) is 2.81. The molecule has 94 valence electrons. The highest BCUT2D eigenvalue weighted by Gasteiger charge is 2.06. The summed E-state index contributed by atoms with van der Waals surface area (Å²) < 4.78 is 20.6. The molecule has 18 heavy (non-hydrogen) atoms. The normalized spacial score (nSPS) is 10.4. The number of nitrogens with zero attached hydrogens (tertiary/aromatic N) is 1. The Morgan fingerprint density at radius 2 is 2.17 bits per heavy atom. The van der Waals surface area contributed by atoms with Crippen LogP contribution in [-0.4, -0.2) is 11.7 Å². The van der Waals surface area contributed by atoms with Crippen molar-refractivity contribution in [3.05, 3.63) is 62.7 Å². The van der Waals surface area contributed by atoms with Crippen LogP contribution in [0.1, 0.15) is 5.56 Å². The topological polar surface area (TPSA) is 31.2 Å². The molecule has 0 aliphatic carbocycles. The first-order chi connectivity index (χ1) is 8.61. The van der Waals surface area contributed by atoms with Crippen molar-refractivity contribution in [2.24, 2.45) is 0 Å². The van der Waals surface area contributed by atoms with Gasteiger partial charge in [-0.25, -0.2) is 4.39 Å². The minimum atomic E-state index is -0.388. The van der Waals surface area contributed by atoms with E-state index >= 15 is 0 Å². The van der Waals surface area contributed by atoms with E-state index in [0.717, 1.165) is 0 Å². The lowest BCUT2D eigenvalue weighted by Crippen LogP contribution is -2.20. The van der Waals surface area contributed by atoms with Crippen molar-refractivity contribution in [2.75, 3.05) is 7.11 Å². The Morgan fingerprint density at radius 3 is 2.83 bits per heavy atom. The van der Waals surface area contributed by atoms with E-state index in [1.54, 1.807) is 30.5 Å². The fraction of sp³-hybridized carbons (Fsp3) is 0.154. The Balaban J connectivity index is 2.34. The summed E-state index contributed by atoms with van der Waals surface area (Å²) in [5.74, 6) is 0.0686. The first kappa shape index (κ1) is 12.8. The fourth-order valence-corrected chi connectivity index (χ4v) is 1.98. The van der Waals surface area contributed by atoms with Crippen molar-refractivity contribution in [3.63, 3.8) is 0 Å². The zero-order chi connectivity index (χ0) is 13.1. The molecule has 2 rings (SSSR count). The second-order valence-electron chi connectivity index (χ2n) is 3.75. The predicted molar refractivity (Wildman–Crippen MR) is 70.5 cm³/mol. The van der Waals surface area contributed by atoms with E-state index in [9.17, 15) is 9.18 Å². The van der Waals surface area contributed by atoms with Gasteiger partial charge in [0.2, 0.25) is 0 Å². The Bertz CT molecular complexity index is 625. The SMILES string of the molecule is COc1ccc(Cn2cccc(Br)c2=O)c(F)c1. The molecule has 5 heteroatoms. The lowest BCUT2D eigenvalue weighted by Gasteiger charge is -2.08. The van der Waals surface area contributed by atoms with Gasteiger partial charge < -0.3 is 9.30 Å². The molecule has 0 saturated carbocycles. The van der Waals surface area contributed by atoms with E-state index in [-0.39, 0.29) is 17.9 Å². The van der Waals surface area contributed by atoms with Gasteiger partial charge in [-0.2, -0.15) is 0 Å². The van der Waals surface area contributed by atoms with Gasteiger partial charge in [-0.15, -0.1) is 0 Å². The third-order valence-corrected chi connectivity index (χ3v) is 3.18. The van der Waals surface area contributed by atoms with E-state index in [1.165, 1.54) is 17.7 Å². The van der Waals surface area contributed by atoms with Crippen LogP contribution in [0.15, 0.2) is 45.8 Å². The average Bonchev–Trinajstić information content (AvgIpc) is 2.37. The highest BCUT2D eigenvalue weighted by molar-refractivity contribution is 9.10. The summed E-state index contributed by atoms with van der Waals surface area (Å²) in [6.45, 7) is 0.189. The van der Waals surface area contributed by atoms with Crippen molar-refractivity contribution in [1.29, 1.82) is 0 Å². The van der Waals surface area contributed by atoms with Gasteiger partial charge in [0.05, 0.1) is 18.1 Å². The van der Waals surface area contributed by atoms with E-state index in [1.807, 2.05) is 0 Å². The van der Waals surface area contributed by atoms with Gasteiger partial charge in [-0.3, -0.25) is 4.79 Å². The smallest absolute Gasteiger partial charge is 0.265 e. The summed E-state index contributed by atoms with van der Waals surface area (Å²) in [7, 11) is 1.48. The van der Waals surface area contributed by atoms with Crippen LogP contribution in [0.4, 0.5) is 4.39 Å². The molecule has 0 aliphatic heterocycles. The summed E-state index contributed by atoms with van der Waals surface area (Å²) in [6, 6.07) is 7.97. The number of benzene rings is 1. The first-order valence-electron chi connectivity index (χ1n) is 5.29. The van der Waals surface area contributed by atoms with E-state index in [2.05, 4.69) is 15.9 Å². The maximum absolute atomic E-state index is 13.7. The summed E-state index contributed by atoms with van der Waals surface area (Å²) >= 11 is 3.15. The Morgan fingerprint density at radius 1 is 1.39 bits per heavy atom. The second kappa shape index (κ2) is 5.35. The highest BCUT2D eigenvalue weighted by Crippen LogP contribution is 2.16. The minimum absolute atomic E-state index is 0.187. The Labute approximate surface area is 112 Å². The van der Waals surface area contributed by atoms with Crippen molar-refractivity contribution in [2.45, 2.75) is 6.54 Å². The lowest BCUT2D eigenvalue weighted by molar-refractivity contribution is 0.410. The molecule has 0 unspecified atom stereocenters. The van der Waals surface area contributed by atoms with Crippen molar-refractivity contribution >= 4 is 15.9 Å². The molecule has 0 saturated heterocycles. The van der Waals surface area contributed by atoms with Crippen LogP contribution in [0.2, 0.25) is 0 Å². The van der Waals surface area contributed by atoms with Gasteiger partial charge in [-0.1, -0.05) is 6.07 Å². The van der Waals surface area contributed by atoms with Gasteiger partial charge in [-0.05, 0) is 34.1 Å². The largest absolute Gasteiger partial charge is 0.497 e. The van der Waals surface area contributed by atoms with Crippen LogP contribution in [0.25, 0.3) is 0 Å². The quantitative estimate of drug-likeness (QED) is 0.873. The lowest BCUT2D eigenvalue weighted by atomic mass is 10.2. The van der Waals surface area contributed by atoms with Gasteiger partial charge in [0.1, 0.15) is 11.6 Å². The van der Waals surface area contributed by atoms with E-state index in [4.69, 9.17) is 4.74 Å². The molecular weight excluding hydrogens is 301 g/mol. The Kier molecular flexibility index (Phi) is 3.81. The molecule has 3 nitrogen and oxygen atoms in total. The van der Waals surface area contributed by atoms with E-state index in [0.29, 0.717) is 15.8 Å². The highest BCUT2D eigenvalue weighted by atomic mass is 79.9. The molecule has 0 radical (unpaired) electrons. The molecule has 1 aromatic carbocycles. The number of halogens is 2. The minimum Gasteiger partial charge on any atom is -0.497 e. The van der Waals surface area contributed by atoms with E-state index < -0.39 is 0 Å². The molecule has 1 aromatic heterocycles. The van der Waals surface area contributed by atoms with Crippen LogP contribution >= 0.6 is 15.9 Å². The maximum atomic E-state index is 13.7. The van der Waals surface area contributed by atoms with Gasteiger partial charge >= 0.3 is 0 Å². The molecular formula is C13H11BrFNO2. The third kappa shape index (κ3) is 2.61. The van der Waals surface area contributed by atoms with Crippen LogP contribution in [0.3, 0.4) is 0 Å². The number of methoxy groups -OCH3 is 1. The monoisotopic (exact) mass is 311 g/mol.